The van der Waals surface area contributed by atoms with E-state index in [1.807, 2.05) is 0 Å². The molecule has 1 aromatic rings. The summed E-state index contributed by atoms with van der Waals surface area (Å²) in [5, 5.41) is 2.86. The van der Waals surface area contributed by atoms with Gasteiger partial charge in [-0.2, -0.15) is 0 Å². The molecular formula is C15H19NO2. The third-order valence-corrected chi connectivity index (χ3v) is 3.58. The number of amides is 1. The molecule has 0 aliphatic heterocycles. The zero-order valence-corrected chi connectivity index (χ0v) is 10.5. The summed E-state index contributed by atoms with van der Waals surface area (Å²) >= 11 is 0. The van der Waals surface area contributed by atoms with E-state index in [1.54, 1.807) is 24.3 Å². The van der Waals surface area contributed by atoms with Crippen LogP contribution in [-0.4, -0.2) is 12.2 Å². The highest BCUT2D eigenvalue weighted by atomic mass is 16.1. The minimum Gasteiger partial charge on any atom is -0.326 e. The molecule has 2 rings (SSSR count). The topological polar surface area (TPSA) is 46.2 Å². The lowest BCUT2D eigenvalue weighted by Crippen LogP contribution is -2.12. The van der Waals surface area contributed by atoms with Gasteiger partial charge in [0.25, 0.3) is 0 Å². The summed E-state index contributed by atoms with van der Waals surface area (Å²) in [6.45, 7) is 0. The summed E-state index contributed by atoms with van der Waals surface area (Å²) in [6, 6.07) is 6.94. The Morgan fingerprint density at radius 1 is 1.22 bits per heavy atom. The van der Waals surface area contributed by atoms with E-state index in [0.717, 1.165) is 24.3 Å². The summed E-state index contributed by atoms with van der Waals surface area (Å²) in [4.78, 5) is 22.2. The maximum absolute atomic E-state index is 11.7. The van der Waals surface area contributed by atoms with Crippen molar-refractivity contribution >= 4 is 17.9 Å². The molecule has 96 valence electrons. The van der Waals surface area contributed by atoms with Gasteiger partial charge in [0.1, 0.15) is 6.29 Å². The first-order valence-electron chi connectivity index (χ1n) is 6.63. The molecular weight excluding hydrogens is 226 g/mol. The SMILES string of the molecule is O=Cc1ccc(NC(=O)CCC2CCCC2)cc1. The number of carbonyl (C=O) groups excluding carboxylic acids is 2. The summed E-state index contributed by atoms with van der Waals surface area (Å²) in [5.41, 5.74) is 1.39. The van der Waals surface area contributed by atoms with E-state index < -0.39 is 0 Å². The molecule has 0 spiro atoms. The smallest absolute Gasteiger partial charge is 0.224 e. The van der Waals surface area contributed by atoms with Gasteiger partial charge in [-0.3, -0.25) is 9.59 Å². The van der Waals surface area contributed by atoms with Crippen LogP contribution in [0.4, 0.5) is 5.69 Å². The van der Waals surface area contributed by atoms with Gasteiger partial charge in [-0.15, -0.1) is 0 Å². The van der Waals surface area contributed by atoms with Crippen molar-refractivity contribution in [3.63, 3.8) is 0 Å². The van der Waals surface area contributed by atoms with E-state index in [2.05, 4.69) is 5.32 Å². The standard InChI is InChI=1S/C15H19NO2/c17-11-13-5-8-14(9-6-13)16-15(18)10-7-12-3-1-2-4-12/h5-6,8-9,11-12H,1-4,7,10H2,(H,16,18). The number of aldehydes is 1. The van der Waals surface area contributed by atoms with E-state index in [-0.39, 0.29) is 5.91 Å². The maximum atomic E-state index is 11.7. The average molecular weight is 245 g/mol. The van der Waals surface area contributed by atoms with Crippen LogP contribution in [0.5, 0.6) is 0 Å². The molecule has 0 bridgehead atoms. The predicted molar refractivity (Wildman–Crippen MR) is 71.7 cm³/mol. The van der Waals surface area contributed by atoms with Gasteiger partial charge in [0.2, 0.25) is 5.91 Å². The number of rotatable bonds is 5. The molecule has 0 saturated heterocycles. The summed E-state index contributed by atoms with van der Waals surface area (Å²) in [5.74, 6) is 0.814. The second-order valence-corrected chi connectivity index (χ2v) is 4.98. The van der Waals surface area contributed by atoms with E-state index >= 15 is 0 Å². The van der Waals surface area contributed by atoms with Crippen LogP contribution in [0, 0.1) is 5.92 Å². The Kier molecular flexibility index (Phi) is 4.51. The maximum Gasteiger partial charge on any atom is 0.224 e. The predicted octanol–water partition coefficient (Wildman–Crippen LogP) is 3.41. The molecule has 1 fully saturated rings. The van der Waals surface area contributed by atoms with E-state index in [0.29, 0.717) is 12.0 Å². The highest BCUT2D eigenvalue weighted by Gasteiger charge is 2.16. The Balaban J connectivity index is 1.77. The summed E-state index contributed by atoms with van der Waals surface area (Å²) in [7, 11) is 0. The van der Waals surface area contributed by atoms with Crippen molar-refractivity contribution in [2.24, 2.45) is 5.92 Å². The van der Waals surface area contributed by atoms with Crippen LogP contribution >= 0.6 is 0 Å². The first kappa shape index (κ1) is 12.8. The van der Waals surface area contributed by atoms with Crippen LogP contribution in [0.1, 0.15) is 48.9 Å². The second-order valence-electron chi connectivity index (χ2n) is 4.98. The quantitative estimate of drug-likeness (QED) is 0.808. The van der Waals surface area contributed by atoms with Crippen molar-refractivity contribution in [2.45, 2.75) is 38.5 Å². The highest BCUT2D eigenvalue weighted by molar-refractivity contribution is 5.91. The Labute approximate surface area is 108 Å². The van der Waals surface area contributed by atoms with Gasteiger partial charge in [0, 0.05) is 17.7 Å². The van der Waals surface area contributed by atoms with Crippen LogP contribution in [0.15, 0.2) is 24.3 Å². The molecule has 18 heavy (non-hydrogen) atoms. The van der Waals surface area contributed by atoms with E-state index in [9.17, 15) is 9.59 Å². The minimum absolute atomic E-state index is 0.0701. The Bertz CT molecular complexity index is 405. The molecule has 1 saturated carbocycles. The molecule has 3 heteroatoms. The number of benzene rings is 1. The Hall–Kier alpha value is -1.64. The van der Waals surface area contributed by atoms with Crippen LogP contribution in [-0.2, 0) is 4.79 Å². The Morgan fingerprint density at radius 2 is 1.89 bits per heavy atom. The van der Waals surface area contributed by atoms with Crippen LogP contribution in [0.3, 0.4) is 0 Å². The molecule has 1 aliphatic carbocycles. The number of nitrogens with one attached hydrogen (secondary N) is 1. The second kappa shape index (κ2) is 6.34. The van der Waals surface area contributed by atoms with Gasteiger partial charge in [0.15, 0.2) is 0 Å². The van der Waals surface area contributed by atoms with Crippen molar-refractivity contribution < 1.29 is 9.59 Å². The van der Waals surface area contributed by atoms with Gasteiger partial charge in [-0.1, -0.05) is 25.7 Å². The zero-order chi connectivity index (χ0) is 12.8. The molecule has 0 radical (unpaired) electrons. The van der Waals surface area contributed by atoms with E-state index in [4.69, 9.17) is 0 Å². The zero-order valence-electron chi connectivity index (χ0n) is 10.5. The summed E-state index contributed by atoms with van der Waals surface area (Å²) < 4.78 is 0. The lowest BCUT2D eigenvalue weighted by atomic mass is 10.0. The molecule has 1 amide bonds. The Morgan fingerprint density at radius 3 is 2.50 bits per heavy atom. The molecule has 0 aromatic heterocycles. The van der Waals surface area contributed by atoms with Gasteiger partial charge in [0.05, 0.1) is 0 Å². The van der Waals surface area contributed by atoms with Crippen LogP contribution in [0.25, 0.3) is 0 Å². The van der Waals surface area contributed by atoms with Crippen LogP contribution in [0.2, 0.25) is 0 Å². The normalized spacial score (nSPS) is 15.6. The monoisotopic (exact) mass is 245 g/mol. The van der Waals surface area contributed by atoms with Crippen molar-refractivity contribution in [1.82, 2.24) is 0 Å². The van der Waals surface area contributed by atoms with Crippen molar-refractivity contribution in [2.75, 3.05) is 5.32 Å². The third kappa shape index (κ3) is 3.69. The molecule has 0 atom stereocenters. The molecule has 1 N–H and O–H groups in total. The van der Waals surface area contributed by atoms with Crippen LogP contribution < -0.4 is 5.32 Å². The average Bonchev–Trinajstić information content (AvgIpc) is 2.90. The van der Waals surface area contributed by atoms with Gasteiger partial charge >= 0.3 is 0 Å². The molecule has 1 aliphatic rings. The fourth-order valence-corrected chi connectivity index (χ4v) is 2.50. The third-order valence-electron chi connectivity index (χ3n) is 3.58. The lowest BCUT2D eigenvalue weighted by molar-refractivity contribution is -0.116. The van der Waals surface area contributed by atoms with Gasteiger partial charge < -0.3 is 5.32 Å². The van der Waals surface area contributed by atoms with Crippen molar-refractivity contribution in [3.05, 3.63) is 29.8 Å². The number of hydrogen-bond acceptors (Lipinski definition) is 2. The molecule has 0 heterocycles. The largest absolute Gasteiger partial charge is 0.326 e. The summed E-state index contributed by atoms with van der Waals surface area (Å²) in [6.07, 6.45) is 7.59. The lowest BCUT2D eigenvalue weighted by Gasteiger charge is -2.09. The van der Waals surface area contributed by atoms with Crippen molar-refractivity contribution in [3.8, 4) is 0 Å². The number of anilines is 1. The molecule has 0 unspecified atom stereocenters. The fraction of sp³-hybridized carbons (Fsp3) is 0.467. The minimum atomic E-state index is 0.0701. The number of hydrogen-bond donors (Lipinski definition) is 1. The van der Waals surface area contributed by atoms with Crippen molar-refractivity contribution in [1.29, 1.82) is 0 Å². The molecule has 3 nitrogen and oxygen atoms in total. The fourth-order valence-electron chi connectivity index (χ4n) is 2.50. The van der Waals surface area contributed by atoms with Gasteiger partial charge in [-0.25, -0.2) is 0 Å². The van der Waals surface area contributed by atoms with Gasteiger partial charge in [-0.05, 0) is 36.6 Å². The van der Waals surface area contributed by atoms with E-state index in [1.165, 1.54) is 25.7 Å². The first-order chi connectivity index (χ1) is 8.78. The number of carbonyl (C=O) groups is 2. The first-order valence-corrected chi connectivity index (χ1v) is 6.63. The molecule has 1 aromatic carbocycles. The highest BCUT2D eigenvalue weighted by Crippen LogP contribution is 2.28.